The van der Waals surface area contributed by atoms with Gasteiger partial charge >= 0.3 is 0 Å². The van der Waals surface area contributed by atoms with E-state index >= 15 is 0 Å². The number of carbonyl (C=O) groups is 1. The first-order valence-electron chi connectivity index (χ1n) is 7.14. The van der Waals surface area contributed by atoms with Crippen LogP contribution in [-0.4, -0.2) is 13.0 Å². The molecule has 0 bridgehead atoms. The quantitative estimate of drug-likeness (QED) is 0.900. The van der Waals surface area contributed by atoms with E-state index < -0.39 is 0 Å². The van der Waals surface area contributed by atoms with Gasteiger partial charge in [-0.2, -0.15) is 0 Å². The van der Waals surface area contributed by atoms with Crippen molar-refractivity contribution in [1.82, 2.24) is 5.32 Å². The standard InChI is InChI=1S/C18H22N2O/c1-12-8-13(2)17(14(3)9-12)11-20-16-7-5-6-15(10-16)18(21)19-4/h5-10,20H,11H2,1-4H3,(H,19,21). The van der Waals surface area contributed by atoms with E-state index in [0.717, 1.165) is 12.2 Å². The van der Waals surface area contributed by atoms with E-state index in [9.17, 15) is 4.79 Å². The molecule has 0 unspecified atom stereocenters. The molecule has 2 rings (SSSR count). The molecule has 0 aromatic heterocycles. The Morgan fingerprint density at radius 3 is 2.33 bits per heavy atom. The molecule has 0 radical (unpaired) electrons. The van der Waals surface area contributed by atoms with Crippen LogP contribution in [0.15, 0.2) is 36.4 Å². The molecule has 0 fully saturated rings. The van der Waals surface area contributed by atoms with Gasteiger partial charge in [-0.1, -0.05) is 23.8 Å². The summed E-state index contributed by atoms with van der Waals surface area (Å²) < 4.78 is 0. The highest BCUT2D eigenvalue weighted by Gasteiger charge is 2.06. The average Bonchev–Trinajstić information content (AvgIpc) is 2.45. The molecule has 21 heavy (non-hydrogen) atoms. The van der Waals surface area contributed by atoms with Crippen LogP contribution in [-0.2, 0) is 6.54 Å². The Morgan fingerprint density at radius 1 is 1.05 bits per heavy atom. The second kappa shape index (κ2) is 6.44. The van der Waals surface area contributed by atoms with Crippen LogP contribution in [0.2, 0.25) is 0 Å². The molecule has 1 amide bonds. The minimum atomic E-state index is -0.0682. The first-order chi connectivity index (χ1) is 10.0. The van der Waals surface area contributed by atoms with Crippen LogP contribution in [0.4, 0.5) is 5.69 Å². The van der Waals surface area contributed by atoms with Gasteiger partial charge in [0.15, 0.2) is 0 Å². The van der Waals surface area contributed by atoms with E-state index in [1.807, 2.05) is 24.3 Å². The molecule has 0 atom stereocenters. The summed E-state index contributed by atoms with van der Waals surface area (Å²) in [6, 6.07) is 12.0. The maximum Gasteiger partial charge on any atom is 0.251 e. The molecular weight excluding hydrogens is 260 g/mol. The average molecular weight is 282 g/mol. The Kier molecular flexibility index (Phi) is 4.63. The van der Waals surface area contributed by atoms with E-state index in [1.165, 1.54) is 22.3 Å². The van der Waals surface area contributed by atoms with Crippen LogP contribution in [0.3, 0.4) is 0 Å². The summed E-state index contributed by atoms with van der Waals surface area (Å²) in [6.07, 6.45) is 0. The number of anilines is 1. The lowest BCUT2D eigenvalue weighted by Crippen LogP contribution is -2.17. The third-order valence-corrected chi connectivity index (χ3v) is 3.66. The Labute approximate surface area is 126 Å². The number of nitrogens with one attached hydrogen (secondary N) is 2. The SMILES string of the molecule is CNC(=O)c1cccc(NCc2c(C)cc(C)cc2C)c1. The Bertz CT molecular complexity index is 639. The molecule has 0 aliphatic rings. The second-order valence-corrected chi connectivity index (χ2v) is 5.39. The van der Waals surface area contributed by atoms with Crippen molar-refractivity contribution in [2.45, 2.75) is 27.3 Å². The molecule has 0 spiro atoms. The fourth-order valence-corrected chi connectivity index (χ4v) is 2.59. The first kappa shape index (κ1) is 15.1. The number of benzene rings is 2. The highest BCUT2D eigenvalue weighted by atomic mass is 16.1. The van der Waals surface area contributed by atoms with E-state index in [0.29, 0.717) is 5.56 Å². The third-order valence-electron chi connectivity index (χ3n) is 3.66. The highest BCUT2D eigenvalue weighted by molar-refractivity contribution is 5.94. The minimum Gasteiger partial charge on any atom is -0.381 e. The molecule has 0 aliphatic heterocycles. The van der Waals surface area contributed by atoms with E-state index in [4.69, 9.17) is 0 Å². The maximum atomic E-state index is 11.6. The van der Waals surface area contributed by atoms with E-state index in [2.05, 4.69) is 43.5 Å². The summed E-state index contributed by atoms with van der Waals surface area (Å²) in [5, 5.41) is 6.04. The van der Waals surface area contributed by atoms with Crippen molar-refractivity contribution in [2.75, 3.05) is 12.4 Å². The normalized spacial score (nSPS) is 10.3. The van der Waals surface area contributed by atoms with Gasteiger partial charge in [0.1, 0.15) is 0 Å². The van der Waals surface area contributed by atoms with Crippen LogP contribution in [0.1, 0.15) is 32.6 Å². The molecule has 0 heterocycles. The molecule has 2 aromatic rings. The number of carbonyl (C=O) groups excluding carboxylic acids is 1. The van der Waals surface area contributed by atoms with Crippen molar-refractivity contribution in [3.05, 3.63) is 64.2 Å². The zero-order valence-corrected chi connectivity index (χ0v) is 13.1. The molecule has 0 saturated heterocycles. The summed E-state index contributed by atoms with van der Waals surface area (Å²) in [4.78, 5) is 11.6. The van der Waals surface area contributed by atoms with Gasteiger partial charge in [0.05, 0.1) is 0 Å². The van der Waals surface area contributed by atoms with Crippen molar-refractivity contribution in [3.8, 4) is 0 Å². The molecule has 0 saturated carbocycles. The Hall–Kier alpha value is -2.29. The first-order valence-corrected chi connectivity index (χ1v) is 7.14. The van der Waals surface area contributed by atoms with E-state index in [1.54, 1.807) is 7.05 Å². The smallest absolute Gasteiger partial charge is 0.251 e. The number of hydrogen-bond donors (Lipinski definition) is 2. The zero-order chi connectivity index (χ0) is 15.4. The van der Waals surface area contributed by atoms with Crippen molar-refractivity contribution in [3.63, 3.8) is 0 Å². The lowest BCUT2D eigenvalue weighted by molar-refractivity contribution is 0.0963. The van der Waals surface area contributed by atoms with Crippen molar-refractivity contribution in [1.29, 1.82) is 0 Å². The number of aryl methyl sites for hydroxylation is 3. The molecular formula is C18H22N2O. The van der Waals surface area contributed by atoms with Crippen molar-refractivity contribution >= 4 is 11.6 Å². The van der Waals surface area contributed by atoms with Crippen molar-refractivity contribution in [2.24, 2.45) is 0 Å². The summed E-state index contributed by atoms with van der Waals surface area (Å²) >= 11 is 0. The Morgan fingerprint density at radius 2 is 1.71 bits per heavy atom. The van der Waals surface area contributed by atoms with Crippen molar-refractivity contribution < 1.29 is 4.79 Å². The monoisotopic (exact) mass is 282 g/mol. The van der Waals surface area contributed by atoms with Gasteiger partial charge in [-0.25, -0.2) is 0 Å². The lowest BCUT2D eigenvalue weighted by Gasteiger charge is -2.13. The van der Waals surface area contributed by atoms with Gasteiger partial charge in [0, 0.05) is 24.8 Å². The topological polar surface area (TPSA) is 41.1 Å². The van der Waals surface area contributed by atoms with Gasteiger partial charge < -0.3 is 10.6 Å². The fourth-order valence-electron chi connectivity index (χ4n) is 2.59. The maximum absolute atomic E-state index is 11.6. The molecule has 0 aliphatic carbocycles. The molecule has 110 valence electrons. The van der Waals surface area contributed by atoms with Gasteiger partial charge in [-0.3, -0.25) is 4.79 Å². The third kappa shape index (κ3) is 3.63. The van der Waals surface area contributed by atoms with Crippen LogP contribution in [0.5, 0.6) is 0 Å². The predicted octanol–water partition coefficient (Wildman–Crippen LogP) is 3.58. The summed E-state index contributed by atoms with van der Waals surface area (Å²) in [5.74, 6) is -0.0682. The number of amides is 1. The zero-order valence-electron chi connectivity index (χ0n) is 13.1. The fraction of sp³-hybridized carbons (Fsp3) is 0.278. The van der Waals surface area contributed by atoms with Crippen LogP contribution >= 0.6 is 0 Å². The van der Waals surface area contributed by atoms with Crippen LogP contribution in [0.25, 0.3) is 0 Å². The second-order valence-electron chi connectivity index (χ2n) is 5.39. The molecule has 2 aromatic carbocycles. The highest BCUT2D eigenvalue weighted by Crippen LogP contribution is 2.19. The van der Waals surface area contributed by atoms with Crippen LogP contribution in [0, 0.1) is 20.8 Å². The minimum absolute atomic E-state index is 0.0682. The lowest BCUT2D eigenvalue weighted by atomic mass is 10.00. The summed E-state index contributed by atoms with van der Waals surface area (Å²) in [5.41, 5.74) is 6.81. The number of rotatable bonds is 4. The van der Waals surface area contributed by atoms with E-state index in [-0.39, 0.29) is 5.91 Å². The largest absolute Gasteiger partial charge is 0.381 e. The molecule has 3 nitrogen and oxygen atoms in total. The van der Waals surface area contributed by atoms with Crippen LogP contribution < -0.4 is 10.6 Å². The summed E-state index contributed by atoms with van der Waals surface area (Å²) in [6.45, 7) is 7.15. The molecule has 2 N–H and O–H groups in total. The van der Waals surface area contributed by atoms with Gasteiger partial charge in [-0.05, 0) is 55.7 Å². The van der Waals surface area contributed by atoms with Gasteiger partial charge in [0.25, 0.3) is 5.91 Å². The Balaban J connectivity index is 2.15. The number of hydrogen-bond acceptors (Lipinski definition) is 2. The molecule has 3 heteroatoms. The van der Waals surface area contributed by atoms with Gasteiger partial charge in [-0.15, -0.1) is 0 Å². The predicted molar refractivity (Wildman–Crippen MR) is 87.8 cm³/mol. The summed E-state index contributed by atoms with van der Waals surface area (Å²) in [7, 11) is 1.64. The van der Waals surface area contributed by atoms with Gasteiger partial charge in [0.2, 0.25) is 0 Å².